The summed E-state index contributed by atoms with van der Waals surface area (Å²) in [5.41, 5.74) is 3.41. The molecule has 158 valence electrons. The van der Waals surface area contributed by atoms with Gasteiger partial charge in [-0.25, -0.2) is 9.78 Å². The second kappa shape index (κ2) is 9.25. The van der Waals surface area contributed by atoms with Crippen molar-refractivity contribution in [2.24, 2.45) is 0 Å². The molecule has 30 heavy (non-hydrogen) atoms. The zero-order valence-corrected chi connectivity index (χ0v) is 17.4. The van der Waals surface area contributed by atoms with Crippen molar-refractivity contribution in [3.05, 3.63) is 47.8 Å². The predicted octanol–water partition coefficient (Wildman–Crippen LogP) is 3.70. The Morgan fingerprint density at radius 2 is 2.10 bits per heavy atom. The molecule has 9 heteroatoms. The summed E-state index contributed by atoms with van der Waals surface area (Å²) in [6.07, 6.45) is 4.39. The molecular formula is C21H23N3O5S. The molecule has 0 saturated carbocycles. The largest absolute Gasteiger partial charge is 0.508 e. The van der Waals surface area contributed by atoms with Gasteiger partial charge in [0.1, 0.15) is 19.0 Å². The van der Waals surface area contributed by atoms with E-state index in [1.54, 1.807) is 12.3 Å². The average Bonchev–Trinajstić information content (AvgIpc) is 3.09. The number of carbonyl (C=O) groups excluding carboxylic acids is 1. The van der Waals surface area contributed by atoms with E-state index >= 15 is 0 Å². The van der Waals surface area contributed by atoms with Crippen LogP contribution in [0.1, 0.15) is 35.8 Å². The van der Waals surface area contributed by atoms with Crippen LogP contribution in [0.25, 0.3) is 11.0 Å². The van der Waals surface area contributed by atoms with Gasteiger partial charge >= 0.3 is 6.16 Å². The van der Waals surface area contributed by atoms with Gasteiger partial charge in [-0.2, -0.15) is 0 Å². The van der Waals surface area contributed by atoms with Gasteiger partial charge in [-0.05, 0) is 37.5 Å². The highest BCUT2D eigenvalue weighted by Crippen LogP contribution is 2.37. The summed E-state index contributed by atoms with van der Waals surface area (Å²) in [4.78, 5) is 23.3. The number of pyridine rings is 1. The first-order valence-electron chi connectivity index (χ1n) is 9.84. The van der Waals surface area contributed by atoms with Gasteiger partial charge in [0.15, 0.2) is 5.16 Å². The van der Waals surface area contributed by atoms with E-state index in [2.05, 4.69) is 19.7 Å². The fourth-order valence-electron chi connectivity index (χ4n) is 3.63. The SMILES string of the molecule is COC(=O)OCCOc1ccnc2c1CCCCC2[S@](=O)c1nc2ccccc2[nH]1. The smallest absolute Gasteiger partial charge is 0.490 e. The summed E-state index contributed by atoms with van der Waals surface area (Å²) in [5, 5.41) is 0.201. The Hall–Kier alpha value is -2.94. The summed E-state index contributed by atoms with van der Waals surface area (Å²) >= 11 is 0. The van der Waals surface area contributed by atoms with E-state index in [9.17, 15) is 9.00 Å². The van der Waals surface area contributed by atoms with Gasteiger partial charge < -0.3 is 19.2 Å². The third-order valence-corrected chi connectivity index (χ3v) is 6.59. The Morgan fingerprint density at radius 3 is 2.93 bits per heavy atom. The van der Waals surface area contributed by atoms with Gasteiger partial charge in [0.25, 0.3) is 0 Å². The van der Waals surface area contributed by atoms with Crippen molar-refractivity contribution in [3.63, 3.8) is 0 Å². The number of para-hydroxylation sites is 2. The van der Waals surface area contributed by atoms with Crippen molar-refractivity contribution in [1.82, 2.24) is 15.0 Å². The number of carbonyl (C=O) groups is 1. The molecule has 0 fully saturated rings. The lowest BCUT2D eigenvalue weighted by Crippen LogP contribution is -2.14. The number of benzene rings is 1. The molecule has 1 aromatic carbocycles. The Morgan fingerprint density at radius 1 is 1.23 bits per heavy atom. The molecule has 0 bridgehead atoms. The third kappa shape index (κ3) is 4.30. The van der Waals surface area contributed by atoms with Crippen LogP contribution in [0.5, 0.6) is 5.75 Å². The molecule has 2 atom stereocenters. The zero-order valence-electron chi connectivity index (χ0n) is 16.6. The van der Waals surface area contributed by atoms with Crippen LogP contribution in [0.4, 0.5) is 4.79 Å². The van der Waals surface area contributed by atoms with E-state index in [0.29, 0.717) is 10.9 Å². The van der Waals surface area contributed by atoms with Crippen LogP contribution < -0.4 is 4.74 Å². The minimum Gasteiger partial charge on any atom is -0.490 e. The lowest BCUT2D eigenvalue weighted by atomic mass is 10.1. The van der Waals surface area contributed by atoms with Gasteiger partial charge in [0.05, 0.1) is 39.9 Å². The van der Waals surface area contributed by atoms with Gasteiger partial charge in [0.2, 0.25) is 0 Å². The lowest BCUT2D eigenvalue weighted by Gasteiger charge is -2.17. The number of rotatable bonds is 6. The number of hydrogen-bond donors (Lipinski definition) is 1. The number of ether oxygens (including phenoxy) is 3. The average molecular weight is 429 g/mol. The summed E-state index contributed by atoms with van der Waals surface area (Å²) < 4.78 is 28.6. The highest BCUT2D eigenvalue weighted by Gasteiger charge is 2.30. The minimum atomic E-state index is -1.37. The monoisotopic (exact) mass is 429 g/mol. The maximum Gasteiger partial charge on any atom is 0.508 e. The summed E-state index contributed by atoms with van der Waals surface area (Å²) in [7, 11) is -0.110. The standard InChI is InChI=1S/C21H23N3O5S/c1-27-21(25)29-13-12-28-17-10-11-22-19-14(17)6-2-5-9-18(19)30(26)20-23-15-7-3-4-8-16(15)24-20/h3-4,7-8,10-11,18H,2,5-6,9,12-13H2,1H3,(H,23,24)/t18?,30-/m0/s1. The van der Waals surface area contributed by atoms with E-state index in [0.717, 1.165) is 48.0 Å². The van der Waals surface area contributed by atoms with E-state index in [1.165, 1.54) is 7.11 Å². The summed E-state index contributed by atoms with van der Waals surface area (Å²) in [5.74, 6) is 0.682. The number of nitrogens with one attached hydrogen (secondary N) is 1. The maximum absolute atomic E-state index is 13.4. The van der Waals surface area contributed by atoms with Crippen molar-refractivity contribution in [3.8, 4) is 5.75 Å². The number of fused-ring (bicyclic) bond motifs is 2. The van der Waals surface area contributed by atoms with Crippen LogP contribution in [0.2, 0.25) is 0 Å². The number of nitrogens with zero attached hydrogens (tertiary/aromatic N) is 2. The van der Waals surface area contributed by atoms with Crippen molar-refractivity contribution in [2.45, 2.75) is 36.1 Å². The van der Waals surface area contributed by atoms with Gasteiger partial charge in [-0.1, -0.05) is 18.6 Å². The highest BCUT2D eigenvalue weighted by atomic mass is 32.2. The molecule has 2 heterocycles. The molecule has 1 aliphatic carbocycles. The molecule has 8 nitrogen and oxygen atoms in total. The number of H-pyrrole nitrogens is 1. The topological polar surface area (TPSA) is 103 Å². The second-order valence-electron chi connectivity index (χ2n) is 6.91. The van der Waals surface area contributed by atoms with Crippen molar-refractivity contribution < 1.29 is 23.2 Å². The zero-order chi connectivity index (χ0) is 20.9. The molecule has 0 amide bonds. The van der Waals surface area contributed by atoms with Gasteiger partial charge in [-0.3, -0.25) is 9.19 Å². The molecule has 0 radical (unpaired) electrons. The van der Waals surface area contributed by atoms with Crippen LogP contribution >= 0.6 is 0 Å². The van der Waals surface area contributed by atoms with Gasteiger partial charge in [-0.15, -0.1) is 0 Å². The fraction of sp³-hybridized carbons (Fsp3) is 0.381. The third-order valence-electron chi connectivity index (χ3n) is 5.04. The van der Waals surface area contributed by atoms with Crippen LogP contribution in [-0.2, 0) is 26.7 Å². The molecule has 3 aromatic rings. The van der Waals surface area contributed by atoms with Crippen LogP contribution in [-0.4, -0.2) is 45.6 Å². The highest BCUT2D eigenvalue weighted by molar-refractivity contribution is 7.85. The summed E-state index contributed by atoms with van der Waals surface area (Å²) in [6, 6.07) is 9.44. The number of aromatic amines is 1. The number of imidazole rings is 1. The van der Waals surface area contributed by atoms with E-state index in [1.807, 2.05) is 24.3 Å². The first kappa shape index (κ1) is 20.3. The Kier molecular flexibility index (Phi) is 6.27. The summed E-state index contributed by atoms with van der Waals surface area (Å²) in [6.45, 7) is 0.279. The van der Waals surface area contributed by atoms with Crippen molar-refractivity contribution in [1.29, 1.82) is 0 Å². The minimum absolute atomic E-state index is 0.0815. The van der Waals surface area contributed by atoms with Gasteiger partial charge in [0, 0.05) is 11.8 Å². The Bertz CT molecular complexity index is 1030. The molecular weight excluding hydrogens is 406 g/mol. The molecule has 0 saturated heterocycles. The Labute approximate surface area is 176 Å². The lowest BCUT2D eigenvalue weighted by molar-refractivity contribution is 0.0615. The van der Waals surface area contributed by atoms with E-state index in [4.69, 9.17) is 9.47 Å². The van der Waals surface area contributed by atoms with E-state index < -0.39 is 17.0 Å². The molecule has 0 spiro atoms. The number of aromatic nitrogens is 3. The first-order valence-corrected chi connectivity index (χ1v) is 11.1. The van der Waals surface area contributed by atoms with Crippen molar-refractivity contribution >= 4 is 28.0 Å². The molecule has 1 unspecified atom stereocenters. The molecule has 1 N–H and O–H groups in total. The predicted molar refractivity (Wildman–Crippen MR) is 111 cm³/mol. The number of hydrogen-bond acceptors (Lipinski definition) is 7. The van der Waals surface area contributed by atoms with Crippen LogP contribution in [0.3, 0.4) is 0 Å². The van der Waals surface area contributed by atoms with Crippen LogP contribution in [0, 0.1) is 0 Å². The quantitative estimate of drug-likeness (QED) is 0.362. The first-order chi connectivity index (χ1) is 14.7. The van der Waals surface area contributed by atoms with E-state index in [-0.39, 0.29) is 18.5 Å². The fourth-order valence-corrected chi connectivity index (χ4v) is 5.08. The van der Waals surface area contributed by atoms with Crippen LogP contribution in [0.15, 0.2) is 41.7 Å². The normalized spacial score (nSPS) is 17.0. The molecule has 4 rings (SSSR count). The maximum atomic E-state index is 13.4. The molecule has 2 aromatic heterocycles. The Balaban J connectivity index is 1.56. The molecule has 0 aliphatic heterocycles. The molecule has 1 aliphatic rings. The number of methoxy groups -OCH3 is 1. The van der Waals surface area contributed by atoms with Crippen molar-refractivity contribution in [2.75, 3.05) is 20.3 Å². The second-order valence-corrected chi connectivity index (χ2v) is 8.47.